The summed E-state index contributed by atoms with van der Waals surface area (Å²) in [5.41, 5.74) is 1.88. The second kappa shape index (κ2) is 7.72. The molecule has 0 saturated heterocycles. The molecule has 2 heterocycles. The van der Waals surface area contributed by atoms with Crippen molar-refractivity contribution < 1.29 is 4.74 Å². The lowest BCUT2D eigenvalue weighted by Gasteiger charge is -2.22. The predicted octanol–water partition coefficient (Wildman–Crippen LogP) is 3.80. The van der Waals surface area contributed by atoms with E-state index in [2.05, 4.69) is 20.3 Å². The number of anilines is 1. The highest BCUT2D eigenvalue weighted by molar-refractivity contribution is 5.71. The molecule has 120 valence electrons. The molecule has 3 rings (SSSR count). The van der Waals surface area contributed by atoms with E-state index in [0.717, 1.165) is 11.1 Å². The summed E-state index contributed by atoms with van der Waals surface area (Å²) in [6.45, 7) is 0. The van der Waals surface area contributed by atoms with Crippen molar-refractivity contribution in [1.29, 1.82) is 0 Å². The Morgan fingerprint density at radius 2 is 1.87 bits per heavy atom. The number of pyridine rings is 1. The Morgan fingerprint density at radius 3 is 2.61 bits per heavy atom. The van der Waals surface area contributed by atoms with Gasteiger partial charge in [-0.25, -0.2) is 15.0 Å². The van der Waals surface area contributed by atoms with Crippen LogP contribution in [0.2, 0.25) is 0 Å². The molecule has 2 aromatic rings. The van der Waals surface area contributed by atoms with Crippen molar-refractivity contribution >= 4 is 18.1 Å². The lowest BCUT2D eigenvalue weighted by Crippen LogP contribution is -2.23. The van der Waals surface area contributed by atoms with Gasteiger partial charge in [-0.1, -0.05) is 25.3 Å². The van der Waals surface area contributed by atoms with Gasteiger partial charge in [-0.05, 0) is 31.1 Å². The normalized spacial score (nSPS) is 15.7. The van der Waals surface area contributed by atoms with Crippen LogP contribution in [0.4, 0.5) is 5.95 Å². The van der Waals surface area contributed by atoms with E-state index in [9.17, 15) is 0 Å². The van der Waals surface area contributed by atoms with Crippen LogP contribution in [0.3, 0.4) is 0 Å². The summed E-state index contributed by atoms with van der Waals surface area (Å²) >= 11 is 0. The van der Waals surface area contributed by atoms with Gasteiger partial charge in [0.2, 0.25) is 11.8 Å². The lowest BCUT2D eigenvalue weighted by molar-refractivity contribution is 0.397. The van der Waals surface area contributed by atoms with Crippen molar-refractivity contribution in [2.45, 2.75) is 38.1 Å². The number of ether oxygens (including phenoxy) is 1. The average molecular weight is 310 g/mol. The Labute approximate surface area is 136 Å². The molecule has 0 unspecified atom stereocenters. The summed E-state index contributed by atoms with van der Waals surface area (Å²) in [6, 6.07) is 4.36. The Balaban J connectivity index is 1.63. The quantitative estimate of drug-likeness (QED) is 0.910. The highest BCUT2D eigenvalue weighted by Crippen LogP contribution is 2.20. The van der Waals surface area contributed by atoms with Crippen LogP contribution in [0.1, 0.15) is 43.2 Å². The molecule has 2 aromatic heterocycles. The third-order valence-corrected chi connectivity index (χ3v) is 4.06. The van der Waals surface area contributed by atoms with Gasteiger partial charge in [0.1, 0.15) is 0 Å². The van der Waals surface area contributed by atoms with Crippen LogP contribution in [-0.2, 0) is 0 Å². The topological polar surface area (TPSA) is 59.9 Å². The summed E-state index contributed by atoms with van der Waals surface area (Å²) in [7, 11) is 1.62. The van der Waals surface area contributed by atoms with Crippen molar-refractivity contribution in [2.75, 3.05) is 12.4 Å². The van der Waals surface area contributed by atoms with Crippen LogP contribution < -0.4 is 10.1 Å². The van der Waals surface area contributed by atoms with Crippen molar-refractivity contribution in [1.82, 2.24) is 15.0 Å². The molecule has 0 atom stereocenters. The number of nitrogens with one attached hydrogen (secondary N) is 1. The molecule has 0 radical (unpaired) electrons. The van der Waals surface area contributed by atoms with Crippen LogP contribution in [0.25, 0.3) is 12.2 Å². The summed E-state index contributed by atoms with van der Waals surface area (Å²) in [5, 5.41) is 3.42. The zero-order chi connectivity index (χ0) is 15.9. The number of methoxy groups -OCH3 is 1. The first-order valence-corrected chi connectivity index (χ1v) is 8.11. The highest BCUT2D eigenvalue weighted by Gasteiger charge is 2.13. The SMILES string of the molecule is COc1ncccc1/C=C/c1cnc(NC2CCCCC2)nc1. The van der Waals surface area contributed by atoms with Crippen molar-refractivity contribution in [3.63, 3.8) is 0 Å². The molecular weight excluding hydrogens is 288 g/mol. The molecule has 1 fully saturated rings. The maximum Gasteiger partial charge on any atom is 0.222 e. The van der Waals surface area contributed by atoms with E-state index in [1.165, 1.54) is 32.1 Å². The summed E-state index contributed by atoms with van der Waals surface area (Å²) in [5.74, 6) is 1.33. The molecular formula is C18H22N4O. The second-order valence-corrected chi connectivity index (χ2v) is 5.75. The summed E-state index contributed by atoms with van der Waals surface area (Å²) in [4.78, 5) is 13.0. The fourth-order valence-electron chi connectivity index (χ4n) is 2.81. The van der Waals surface area contributed by atoms with Crippen LogP contribution in [0.15, 0.2) is 30.7 Å². The van der Waals surface area contributed by atoms with Gasteiger partial charge < -0.3 is 10.1 Å². The number of hydrogen-bond donors (Lipinski definition) is 1. The Kier molecular flexibility index (Phi) is 5.19. The predicted molar refractivity (Wildman–Crippen MR) is 92.2 cm³/mol. The number of aromatic nitrogens is 3. The first-order valence-electron chi connectivity index (χ1n) is 8.11. The molecule has 0 aromatic carbocycles. The van der Waals surface area contributed by atoms with Crippen LogP contribution >= 0.6 is 0 Å². The standard InChI is InChI=1S/C18H22N4O/c1-23-17-15(6-5-11-19-17)10-9-14-12-20-18(21-13-14)22-16-7-3-2-4-8-16/h5-6,9-13,16H,2-4,7-8H2,1H3,(H,20,21,22)/b10-9+. The minimum Gasteiger partial charge on any atom is -0.481 e. The Bertz CT molecular complexity index is 648. The van der Waals surface area contributed by atoms with Crippen LogP contribution in [0.5, 0.6) is 5.88 Å². The smallest absolute Gasteiger partial charge is 0.222 e. The second-order valence-electron chi connectivity index (χ2n) is 5.75. The van der Waals surface area contributed by atoms with E-state index in [1.807, 2.05) is 36.7 Å². The highest BCUT2D eigenvalue weighted by atomic mass is 16.5. The number of nitrogens with zero attached hydrogens (tertiary/aromatic N) is 3. The molecule has 23 heavy (non-hydrogen) atoms. The van der Waals surface area contributed by atoms with Gasteiger partial charge >= 0.3 is 0 Å². The monoisotopic (exact) mass is 310 g/mol. The van der Waals surface area contributed by atoms with Crippen molar-refractivity contribution in [3.05, 3.63) is 41.9 Å². The van der Waals surface area contributed by atoms with E-state index in [-0.39, 0.29) is 0 Å². The van der Waals surface area contributed by atoms with E-state index in [4.69, 9.17) is 4.74 Å². The van der Waals surface area contributed by atoms with E-state index in [0.29, 0.717) is 17.9 Å². The summed E-state index contributed by atoms with van der Waals surface area (Å²) < 4.78 is 5.23. The maximum absolute atomic E-state index is 5.23. The molecule has 0 spiro atoms. The van der Waals surface area contributed by atoms with Gasteiger partial charge in [0.25, 0.3) is 0 Å². The molecule has 1 aliphatic carbocycles. The lowest BCUT2D eigenvalue weighted by atomic mass is 9.96. The van der Waals surface area contributed by atoms with Crippen molar-refractivity contribution in [2.24, 2.45) is 0 Å². The molecule has 1 aliphatic rings. The van der Waals surface area contributed by atoms with E-state index < -0.39 is 0 Å². The fraction of sp³-hybridized carbons (Fsp3) is 0.389. The molecule has 1 N–H and O–H groups in total. The maximum atomic E-state index is 5.23. The molecule has 1 saturated carbocycles. The summed E-state index contributed by atoms with van der Waals surface area (Å²) in [6.07, 6.45) is 15.7. The Morgan fingerprint density at radius 1 is 1.09 bits per heavy atom. The molecule has 0 amide bonds. The molecule has 5 nitrogen and oxygen atoms in total. The molecule has 5 heteroatoms. The van der Waals surface area contributed by atoms with Crippen LogP contribution in [0, 0.1) is 0 Å². The van der Waals surface area contributed by atoms with Gasteiger partial charge in [-0.15, -0.1) is 0 Å². The third-order valence-electron chi connectivity index (χ3n) is 4.06. The van der Waals surface area contributed by atoms with Gasteiger partial charge in [0.05, 0.1) is 7.11 Å². The van der Waals surface area contributed by atoms with E-state index >= 15 is 0 Å². The zero-order valence-corrected chi connectivity index (χ0v) is 13.4. The number of rotatable bonds is 5. The average Bonchev–Trinajstić information content (AvgIpc) is 2.62. The third kappa shape index (κ3) is 4.28. The number of hydrogen-bond acceptors (Lipinski definition) is 5. The minimum atomic E-state index is 0.518. The first-order chi connectivity index (χ1) is 11.3. The van der Waals surface area contributed by atoms with Gasteiger partial charge in [0, 0.05) is 35.8 Å². The van der Waals surface area contributed by atoms with Gasteiger partial charge in [-0.2, -0.15) is 0 Å². The largest absolute Gasteiger partial charge is 0.481 e. The van der Waals surface area contributed by atoms with Crippen molar-refractivity contribution in [3.8, 4) is 5.88 Å². The van der Waals surface area contributed by atoms with Gasteiger partial charge in [0.15, 0.2) is 0 Å². The zero-order valence-electron chi connectivity index (χ0n) is 13.4. The van der Waals surface area contributed by atoms with Gasteiger partial charge in [-0.3, -0.25) is 0 Å². The molecule has 0 aliphatic heterocycles. The Hall–Kier alpha value is -2.43. The first kappa shape index (κ1) is 15.5. The van der Waals surface area contributed by atoms with Crippen LogP contribution in [-0.4, -0.2) is 28.1 Å². The van der Waals surface area contributed by atoms with E-state index in [1.54, 1.807) is 13.3 Å². The minimum absolute atomic E-state index is 0.518. The fourth-order valence-corrected chi connectivity index (χ4v) is 2.81. The molecule has 0 bridgehead atoms.